The number of hydrogen-bond donors (Lipinski definition) is 1. The van der Waals surface area contributed by atoms with Crippen molar-refractivity contribution in [3.8, 4) is 0 Å². The van der Waals surface area contributed by atoms with Gasteiger partial charge in [-0.15, -0.1) is 11.3 Å². The standard InChI is InChI=1S/C21H24N2O2S/c1-13(2)23-14(3)11-17(15(23)4)12-16(9-10-20(24)25)21-22-18-7-5-6-8-19(18)26-21/h5-8,11-13H,9-10H2,1-4H3,(H,24,25)/b16-12+. The number of aliphatic carboxylic acids is 1. The first kappa shape index (κ1) is 18.4. The van der Waals surface area contributed by atoms with E-state index in [0.717, 1.165) is 26.4 Å². The highest BCUT2D eigenvalue weighted by Crippen LogP contribution is 2.32. The van der Waals surface area contributed by atoms with Crippen LogP contribution >= 0.6 is 11.3 Å². The lowest BCUT2D eigenvalue weighted by Gasteiger charge is -2.13. The summed E-state index contributed by atoms with van der Waals surface area (Å²) < 4.78 is 3.43. The molecule has 0 aliphatic rings. The number of para-hydroxylation sites is 1. The molecule has 0 bridgehead atoms. The number of aryl methyl sites for hydroxylation is 1. The summed E-state index contributed by atoms with van der Waals surface area (Å²) in [5.74, 6) is -0.787. The molecule has 0 amide bonds. The van der Waals surface area contributed by atoms with Crippen LogP contribution in [-0.4, -0.2) is 20.6 Å². The van der Waals surface area contributed by atoms with Crippen molar-refractivity contribution in [1.82, 2.24) is 9.55 Å². The molecule has 0 fully saturated rings. The first-order chi connectivity index (χ1) is 12.4. The summed E-state index contributed by atoms with van der Waals surface area (Å²) in [4.78, 5) is 15.9. The van der Waals surface area contributed by atoms with Crippen LogP contribution in [0.25, 0.3) is 21.9 Å². The summed E-state index contributed by atoms with van der Waals surface area (Å²) in [5.41, 5.74) is 5.49. The first-order valence-electron chi connectivity index (χ1n) is 8.83. The lowest BCUT2D eigenvalue weighted by molar-refractivity contribution is -0.136. The molecule has 4 nitrogen and oxygen atoms in total. The molecule has 3 aromatic rings. The normalized spacial score (nSPS) is 12.3. The summed E-state index contributed by atoms with van der Waals surface area (Å²) in [6, 6.07) is 10.6. The van der Waals surface area contributed by atoms with Crippen LogP contribution in [0.1, 0.15) is 54.7 Å². The number of benzene rings is 1. The maximum Gasteiger partial charge on any atom is 0.303 e. The Bertz CT molecular complexity index is 946. The number of fused-ring (bicyclic) bond motifs is 1. The van der Waals surface area contributed by atoms with E-state index in [9.17, 15) is 4.79 Å². The Hall–Kier alpha value is -2.40. The van der Waals surface area contributed by atoms with E-state index in [2.05, 4.69) is 50.5 Å². The zero-order valence-corrected chi connectivity index (χ0v) is 16.4. The maximum absolute atomic E-state index is 11.1. The van der Waals surface area contributed by atoms with Crippen molar-refractivity contribution in [1.29, 1.82) is 0 Å². The number of rotatable bonds is 6. The van der Waals surface area contributed by atoms with Gasteiger partial charge < -0.3 is 9.67 Å². The van der Waals surface area contributed by atoms with E-state index in [1.807, 2.05) is 18.2 Å². The third kappa shape index (κ3) is 3.73. The zero-order chi connectivity index (χ0) is 18.8. The predicted octanol–water partition coefficient (Wildman–Crippen LogP) is 5.70. The van der Waals surface area contributed by atoms with Gasteiger partial charge in [0.25, 0.3) is 0 Å². The molecule has 0 unspecified atom stereocenters. The van der Waals surface area contributed by atoms with Crippen molar-refractivity contribution in [2.75, 3.05) is 0 Å². The van der Waals surface area contributed by atoms with E-state index < -0.39 is 5.97 Å². The van der Waals surface area contributed by atoms with Crippen LogP contribution in [0, 0.1) is 13.8 Å². The second-order valence-electron chi connectivity index (χ2n) is 6.84. The minimum atomic E-state index is -0.787. The number of carboxylic acid groups (broad SMARTS) is 1. The van der Waals surface area contributed by atoms with Crippen LogP contribution in [0.5, 0.6) is 0 Å². The van der Waals surface area contributed by atoms with E-state index in [1.165, 1.54) is 11.4 Å². The minimum Gasteiger partial charge on any atom is -0.481 e. The summed E-state index contributed by atoms with van der Waals surface area (Å²) >= 11 is 1.62. The third-order valence-electron chi connectivity index (χ3n) is 4.55. The first-order valence-corrected chi connectivity index (χ1v) is 9.65. The molecule has 0 spiro atoms. The molecule has 1 N–H and O–H groups in total. The Morgan fingerprint density at radius 1 is 1.27 bits per heavy atom. The van der Waals surface area contributed by atoms with Crippen molar-refractivity contribution >= 4 is 39.2 Å². The van der Waals surface area contributed by atoms with Crippen LogP contribution in [0.15, 0.2) is 30.3 Å². The van der Waals surface area contributed by atoms with Gasteiger partial charge in [0.2, 0.25) is 0 Å². The number of nitrogens with zero attached hydrogens (tertiary/aromatic N) is 2. The van der Waals surface area contributed by atoms with Crippen LogP contribution < -0.4 is 0 Å². The Labute approximate surface area is 157 Å². The number of aromatic nitrogens is 2. The van der Waals surface area contributed by atoms with Gasteiger partial charge in [-0.05, 0) is 69.5 Å². The molecular weight excluding hydrogens is 344 g/mol. The van der Waals surface area contributed by atoms with Gasteiger partial charge in [0.1, 0.15) is 5.01 Å². The summed E-state index contributed by atoms with van der Waals surface area (Å²) in [7, 11) is 0. The second-order valence-corrected chi connectivity index (χ2v) is 7.87. The molecule has 0 saturated carbocycles. The monoisotopic (exact) mass is 368 g/mol. The van der Waals surface area contributed by atoms with Gasteiger partial charge in [0.15, 0.2) is 0 Å². The molecule has 5 heteroatoms. The Morgan fingerprint density at radius 3 is 2.62 bits per heavy atom. The average Bonchev–Trinajstić information content (AvgIpc) is 3.11. The quantitative estimate of drug-likeness (QED) is 0.607. The summed E-state index contributed by atoms with van der Waals surface area (Å²) in [5, 5.41) is 10.0. The lowest BCUT2D eigenvalue weighted by Crippen LogP contribution is -2.04. The molecule has 0 saturated heterocycles. The summed E-state index contributed by atoms with van der Waals surface area (Å²) in [6.07, 6.45) is 2.69. The summed E-state index contributed by atoms with van der Waals surface area (Å²) in [6.45, 7) is 8.57. The van der Waals surface area contributed by atoms with Crippen LogP contribution in [0.2, 0.25) is 0 Å². The largest absolute Gasteiger partial charge is 0.481 e. The van der Waals surface area contributed by atoms with Crippen LogP contribution in [-0.2, 0) is 4.79 Å². The van der Waals surface area contributed by atoms with Gasteiger partial charge >= 0.3 is 5.97 Å². The van der Waals surface area contributed by atoms with Crippen LogP contribution in [0.4, 0.5) is 0 Å². The fourth-order valence-electron chi connectivity index (χ4n) is 3.42. The maximum atomic E-state index is 11.1. The van der Waals surface area contributed by atoms with Gasteiger partial charge in [-0.3, -0.25) is 4.79 Å². The molecule has 26 heavy (non-hydrogen) atoms. The molecular formula is C21H24N2O2S. The lowest BCUT2D eigenvalue weighted by atomic mass is 10.1. The predicted molar refractivity (Wildman–Crippen MR) is 109 cm³/mol. The molecule has 0 aliphatic heterocycles. The van der Waals surface area contributed by atoms with Crippen LogP contribution in [0.3, 0.4) is 0 Å². The second kappa shape index (κ2) is 7.46. The van der Waals surface area contributed by atoms with Gasteiger partial charge in [-0.1, -0.05) is 12.1 Å². The average molecular weight is 369 g/mol. The number of allylic oxidation sites excluding steroid dienone is 1. The van der Waals surface area contributed by atoms with E-state index in [0.29, 0.717) is 12.5 Å². The molecule has 0 atom stereocenters. The van der Waals surface area contributed by atoms with Crippen molar-refractivity contribution in [3.63, 3.8) is 0 Å². The van der Waals surface area contributed by atoms with E-state index in [1.54, 1.807) is 11.3 Å². The fourth-order valence-corrected chi connectivity index (χ4v) is 4.43. The van der Waals surface area contributed by atoms with Gasteiger partial charge in [-0.2, -0.15) is 0 Å². The van der Waals surface area contributed by atoms with Gasteiger partial charge in [0, 0.05) is 23.9 Å². The van der Waals surface area contributed by atoms with Crippen molar-refractivity contribution < 1.29 is 9.90 Å². The number of carbonyl (C=O) groups is 1. The van der Waals surface area contributed by atoms with E-state index >= 15 is 0 Å². The van der Waals surface area contributed by atoms with Crippen molar-refractivity contribution in [2.24, 2.45) is 0 Å². The molecule has 0 radical (unpaired) electrons. The van der Waals surface area contributed by atoms with E-state index in [4.69, 9.17) is 10.1 Å². The third-order valence-corrected chi connectivity index (χ3v) is 5.66. The molecule has 2 heterocycles. The Balaban J connectivity index is 2.07. The number of hydrogen-bond acceptors (Lipinski definition) is 3. The van der Waals surface area contributed by atoms with Crippen molar-refractivity contribution in [2.45, 2.75) is 46.6 Å². The smallest absolute Gasteiger partial charge is 0.303 e. The minimum absolute atomic E-state index is 0.102. The highest BCUT2D eigenvalue weighted by atomic mass is 32.1. The van der Waals surface area contributed by atoms with Gasteiger partial charge in [-0.25, -0.2) is 4.98 Å². The van der Waals surface area contributed by atoms with Gasteiger partial charge in [0.05, 0.1) is 10.2 Å². The molecule has 2 aromatic heterocycles. The Kier molecular flexibility index (Phi) is 5.28. The fraction of sp³-hybridized carbons (Fsp3) is 0.333. The molecule has 0 aliphatic carbocycles. The highest BCUT2D eigenvalue weighted by molar-refractivity contribution is 7.19. The van der Waals surface area contributed by atoms with Crippen molar-refractivity contribution in [3.05, 3.63) is 52.3 Å². The topological polar surface area (TPSA) is 55.1 Å². The highest BCUT2D eigenvalue weighted by Gasteiger charge is 2.14. The number of thiazole rings is 1. The molecule has 1 aromatic carbocycles. The van der Waals surface area contributed by atoms with E-state index in [-0.39, 0.29) is 6.42 Å². The Morgan fingerprint density at radius 2 is 2.00 bits per heavy atom. The number of carboxylic acids is 1. The SMILES string of the molecule is Cc1cc(/C=C(\CCC(=O)O)c2nc3ccccc3s2)c(C)n1C(C)C. The zero-order valence-electron chi connectivity index (χ0n) is 15.6. The molecule has 136 valence electrons. The molecule has 3 rings (SSSR count).